The first kappa shape index (κ1) is 20.6. The van der Waals surface area contributed by atoms with Crippen molar-refractivity contribution in [2.75, 3.05) is 18.9 Å². The van der Waals surface area contributed by atoms with Gasteiger partial charge in [-0.05, 0) is 50.1 Å². The van der Waals surface area contributed by atoms with Gasteiger partial charge < -0.3 is 10.2 Å². The van der Waals surface area contributed by atoms with Gasteiger partial charge in [-0.1, -0.05) is 35.4 Å². The highest BCUT2D eigenvalue weighted by Gasteiger charge is 2.14. The fourth-order valence-corrected chi connectivity index (χ4v) is 3.50. The van der Waals surface area contributed by atoms with Crippen molar-refractivity contribution in [1.82, 2.24) is 14.3 Å². The van der Waals surface area contributed by atoms with Crippen molar-refractivity contribution in [3.8, 4) is 0 Å². The van der Waals surface area contributed by atoms with E-state index in [9.17, 15) is 9.59 Å². The van der Waals surface area contributed by atoms with Gasteiger partial charge in [-0.15, -0.1) is 0 Å². The fourth-order valence-electron chi connectivity index (χ4n) is 3.26. The molecule has 0 fully saturated rings. The molecule has 0 saturated carbocycles. The average Bonchev–Trinajstić information content (AvgIpc) is 2.97. The van der Waals surface area contributed by atoms with Gasteiger partial charge in [-0.3, -0.25) is 14.0 Å². The molecule has 0 radical (unpaired) electrons. The number of halogens is 1. The topological polar surface area (TPSA) is 66.7 Å². The summed E-state index contributed by atoms with van der Waals surface area (Å²) in [5, 5.41) is 3.21. The van der Waals surface area contributed by atoms with Crippen LogP contribution in [0.1, 0.15) is 22.4 Å². The van der Waals surface area contributed by atoms with Crippen LogP contribution in [0.4, 0.5) is 5.69 Å². The van der Waals surface area contributed by atoms with Crippen LogP contribution >= 0.6 is 11.6 Å². The number of hydrogen-bond acceptors (Lipinski definition) is 3. The molecule has 3 aromatic rings. The summed E-state index contributed by atoms with van der Waals surface area (Å²) in [5.41, 5.74) is 5.22. The van der Waals surface area contributed by atoms with Crippen molar-refractivity contribution in [3.05, 3.63) is 70.1 Å². The zero-order chi connectivity index (χ0) is 21.1. The number of aromatic nitrogens is 2. The van der Waals surface area contributed by atoms with Gasteiger partial charge in [-0.25, -0.2) is 4.98 Å². The normalized spacial score (nSPS) is 11.2. The summed E-state index contributed by atoms with van der Waals surface area (Å²) in [6.07, 6.45) is 4.81. The molecular weight excluding hydrogens is 388 g/mol. The Morgan fingerprint density at radius 1 is 1.21 bits per heavy atom. The van der Waals surface area contributed by atoms with Gasteiger partial charge in [0.1, 0.15) is 5.65 Å². The highest BCUT2D eigenvalue weighted by Crippen LogP contribution is 2.22. The molecule has 0 saturated heterocycles. The van der Waals surface area contributed by atoms with Crippen molar-refractivity contribution in [2.24, 2.45) is 0 Å². The summed E-state index contributed by atoms with van der Waals surface area (Å²) in [4.78, 5) is 30.4. The number of carbonyl (C=O) groups excluding carboxylic acids is 2. The van der Waals surface area contributed by atoms with Gasteiger partial charge in [0, 0.05) is 25.0 Å². The Kier molecular flexibility index (Phi) is 6.03. The lowest BCUT2D eigenvalue weighted by molar-refractivity contribution is -0.129. The van der Waals surface area contributed by atoms with E-state index in [4.69, 9.17) is 11.6 Å². The second-order valence-electron chi connectivity index (χ2n) is 7.07. The summed E-state index contributed by atoms with van der Waals surface area (Å²) in [6.45, 7) is 5.86. The number of anilines is 1. The van der Waals surface area contributed by atoms with E-state index in [1.54, 1.807) is 17.5 Å². The molecule has 29 heavy (non-hydrogen) atoms. The van der Waals surface area contributed by atoms with Gasteiger partial charge in [-0.2, -0.15) is 0 Å². The van der Waals surface area contributed by atoms with Gasteiger partial charge >= 0.3 is 0 Å². The van der Waals surface area contributed by atoms with Crippen molar-refractivity contribution in [2.45, 2.75) is 20.8 Å². The largest absolute Gasteiger partial charge is 0.333 e. The molecule has 2 heterocycles. The SMILES string of the molecule is Cc1cc(C)c(NC(=O)CN(C)C(=O)/C=C/c2c(Cl)nc3ccccn23)c(C)c1. The molecule has 0 aliphatic rings. The van der Waals surface area contributed by atoms with Crippen molar-refractivity contribution in [1.29, 1.82) is 0 Å². The maximum Gasteiger partial charge on any atom is 0.246 e. The van der Waals surface area contributed by atoms with Crippen molar-refractivity contribution >= 4 is 40.8 Å². The number of hydrogen-bond donors (Lipinski definition) is 1. The monoisotopic (exact) mass is 410 g/mol. The molecule has 2 amide bonds. The van der Waals surface area contributed by atoms with E-state index in [1.165, 1.54) is 11.0 Å². The average molecular weight is 411 g/mol. The predicted octanol–water partition coefficient (Wildman–Crippen LogP) is 4.02. The molecule has 0 atom stereocenters. The van der Waals surface area contributed by atoms with Crippen molar-refractivity contribution < 1.29 is 9.59 Å². The molecule has 0 bridgehead atoms. The van der Waals surface area contributed by atoms with E-state index in [0.717, 1.165) is 22.4 Å². The smallest absolute Gasteiger partial charge is 0.246 e. The minimum absolute atomic E-state index is 0.0587. The van der Waals surface area contributed by atoms with Crippen LogP contribution in [0, 0.1) is 20.8 Å². The van der Waals surface area contributed by atoms with Crippen LogP contribution in [-0.2, 0) is 9.59 Å². The molecule has 0 spiro atoms. The van der Waals surface area contributed by atoms with Gasteiger partial charge in [0.05, 0.1) is 12.2 Å². The quantitative estimate of drug-likeness (QED) is 0.646. The molecule has 3 rings (SSSR count). The lowest BCUT2D eigenvalue weighted by atomic mass is 10.1. The maximum absolute atomic E-state index is 12.4. The standard InChI is InChI=1S/C22H23ClN4O2/c1-14-11-15(2)21(16(3)12-14)25-19(28)13-26(4)20(29)9-8-17-22(23)24-18-7-5-6-10-27(17)18/h5-12H,13H2,1-4H3,(H,25,28)/b9-8+. The summed E-state index contributed by atoms with van der Waals surface area (Å²) in [6, 6.07) is 9.58. The molecule has 7 heteroatoms. The minimum Gasteiger partial charge on any atom is -0.333 e. The van der Waals surface area contributed by atoms with Crippen molar-refractivity contribution in [3.63, 3.8) is 0 Å². The highest BCUT2D eigenvalue weighted by atomic mass is 35.5. The van der Waals surface area contributed by atoms with Crippen LogP contribution in [0.2, 0.25) is 5.15 Å². The van der Waals surface area contributed by atoms with Crippen LogP contribution in [-0.4, -0.2) is 39.7 Å². The molecule has 0 aliphatic heterocycles. The molecular formula is C22H23ClN4O2. The molecule has 150 valence electrons. The van der Waals surface area contributed by atoms with E-state index >= 15 is 0 Å². The van der Waals surface area contributed by atoms with E-state index in [-0.39, 0.29) is 18.4 Å². The number of imidazole rings is 1. The van der Waals surface area contributed by atoms with E-state index in [2.05, 4.69) is 10.3 Å². The Morgan fingerprint density at radius 3 is 2.59 bits per heavy atom. The number of nitrogens with one attached hydrogen (secondary N) is 1. The Morgan fingerprint density at radius 2 is 1.90 bits per heavy atom. The molecule has 0 unspecified atom stereocenters. The third-order valence-corrected chi connectivity index (χ3v) is 4.88. The van der Waals surface area contributed by atoms with E-state index < -0.39 is 0 Å². The Hall–Kier alpha value is -3.12. The van der Waals surface area contributed by atoms with Gasteiger partial charge in [0.2, 0.25) is 11.8 Å². The molecule has 2 aromatic heterocycles. The number of rotatable bonds is 5. The van der Waals surface area contributed by atoms with Crippen LogP contribution in [0.15, 0.2) is 42.6 Å². The van der Waals surface area contributed by atoms with E-state index in [0.29, 0.717) is 16.5 Å². The Balaban J connectivity index is 1.67. The van der Waals surface area contributed by atoms with E-state index in [1.807, 2.05) is 57.3 Å². The highest BCUT2D eigenvalue weighted by molar-refractivity contribution is 6.31. The molecule has 1 aromatic carbocycles. The lowest BCUT2D eigenvalue weighted by Gasteiger charge is -2.17. The number of carbonyl (C=O) groups is 2. The summed E-state index contributed by atoms with van der Waals surface area (Å²) in [7, 11) is 1.58. The molecule has 0 aliphatic carbocycles. The fraction of sp³-hybridized carbons (Fsp3) is 0.227. The first-order chi connectivity index (χ1) is 13.8. The van der Waals surface area contributed by atoms with Crippen LogP contribution < -0.4 is 5.32 Å². The zero-order valence-electron chi connectivity index (χ0n) is 16.9. The lowest BCUT2D eigenvalue weighted by Crippen LogP contribution is -2.34. The van der Waals surface area contributed by atoms with Crippen LogP contribution in [0.5, 0.6) is 0 Å². The Labute approximate surface area is 174 Å². The second-order valence-corrected chi connectivity index (χ2v) is 7.42. The third-order valence-electron chi connectivity index (χ3n) is 4.60. The molecule has 6 nitrogen and oxygen atoms in total. The number of fused-ring (bicyclic) bond motifs is 1. The summed E-state index contributed by atoms with van der Waals surface area (Å²) >= 11 is 6.17. The first-order valence-electron chi connectivity index (χ1n) is 9.19. The van der Waals surface area contributed by atoms with Gasteiger partial charge in [0.25, 0.3) is 0 Å². The predicted molar refractivity (Wildman–Crippen MR) is 116 cm³/mol. The first-order valence-corrected chi connectivity index (χ1v) is 9.57. The number of pyridine rings is 1. The summed E-state index contributed by atoms with van der Waals surface area (Å²) in [5.74, 6) is -0.559. The minimum atomic E-state index is -0.306. The van der Waals surface area contributed by atoms with Crippen LogP contribution in [0.3, 0.4) is 0 Å². The summed E-state index contributed by atoms with van der Waals surface area (Å²) < 4.78 is 1.79. The number of amides is 2. The number of aryl methyl sites for hydroxylation is 3. The Bertz CT molecular complexity index is 1090. The maximum atomic E-state index is 12.4. The zero-order valence-corrected chi connectivity index (χ0v) is 17.6. The van der Waals surface area contributed by atoms with Gasteiger partial charge in [0.15, 0.2) is 5.15 Å². The number of benzene rings is 1. The van der Waals surface area contributed by atoms with Crippen LogP contribution in [0.25, 0.3) is 11.7 Å². The third kappa shape index (κ3) is 4.66. The number of nitrogens with zero attached hydrogens (tertiary/aromatic N) is 3. The molecule has 1 N–H and O–H groups in total. The number of likely N-dealkylation sites (N-methyl/N-ethyl adjacent to an activating group) is 1. The second kappa shape index (κ2) is 8.49.